The summed E-state index contributed by atoms with van der Waals surface area (Å²) in [6.45, 7) is 4.57. The largest absolute Gasteiger partial charge is 0.507 e. The average Bonchev–Trinajstić information content (AvgIpc) is 3.53. The normalized spacial score (nSPS) is 24.9. The Morgan fingerprint density at radius 2 is 1.94 bits per heavy atom. The van der Waals surface area contributed by atoms with Gasteiger partial charge in [-0.2, -0.15) is 0 Å². The summed E-state index contributed by atoms with van der Waals surface area (Å²) < 4.78 is 11.2. The van der Waals surface area contributed by atoms with Crippen molar-refractivity contribution < 1.29 is 29.0 Å². The summed E-state index contributed by atoms with van der Waals surface area (Å²) in [5.74, 6) is -2.05. The SMILES string of the molecule is C=CCOc1ccc(C(O)=C2C(=O)C(=O)N(CC3CCCO3)C23C(=O)N(C)c2ccccc23)cc1. The van der Waals surface area contributed by atoms with Crippen molar-refractivity contribution in [3.8, 4) is 5.75 Å². The lowest BCUT2D eigenvalue weighted by molar-refractivity contribution is -0.145. The van der Waals surface area contributed by atoms with Gasteiger partial charge in [0, 0.05) is 37.0 Å². The third-order valence-corrected chi connectivity index (χ3v) is 6.85. The number of fused-ring (bicyclic) bond motifs is 2. The second kappa shape index (κ2) is 8.70. The summed E-state index contributed by atoms with van der Waals surface area (Å²) in [6.07, 6.45) is 2.88. The first kappa shape index (κ1) is 22.9. The minimum absolute atomic E-state index is 0.0730. The molecule has 3 aliphatic heterocycles. The van der Waals surface area contributed by atoms with E-state index in [1.165, 1.54) is 9.80 Å². The van der Waals surface area contributed by atoms with Crippen molar-refractivity contribution in [2.24, 2.45) is 0 Å². The average molecular weight is 475 g/mol. The van der Waals surface area contributed by atoms with Gasteiger partial charge in [0.1, 0.15) is 18.1 Å². The van der Waals surface area contributed by atoms with Gasteiger partial charge >= 0.3 is 0 Å². The van der Waals surface area contributed by atoms with Crippen LogP contribution in [0.4, 0.5) is 5.69 Å². The van der Waals surface area contributed by atoms with Crippen LogP contribution in [0.2, 0.25) is 0 Å². The maximum Gasteiger partial charge on any atom is 0.296 e. The van der Waals surface area contributed by atoms with Gasteiger partial charge < -0.3 is 24.4 Å². The first-order valence-corrected chi connectivity index (χ1v) is 11.5. The summed E-state index contributed by atoms with van der Waals surface area (Å²) in [6, 6.07) is 13.5. The number of amides is 2. The number of carbonyl (C=O) groups is 3. The van der Waals surface area contributed by atoms with Crippen LogP contribution >= 0.6 is 0 Å². The van der Waals surface area contributed by atoms with E-state index in [9.17, 15) is 19.5 Å². The number of rotatable bonds is 6. The fourth-order valence-electron chi connectivity index (χ4n) is 5.22. The fraction of sp³-hybridized carbons (Fsp3) is 0.296. The number of para-hydroxylation sites is 1. The predicted octanol–water partition coefficient (Wildman–Crippen LogP) is 2.98. The molecular weight excluding hydrogens is 448 g/mol. The second-order valence-electron chi connectivity index (χ2n) is 8.82. The van der Waals surface area contributed by atoms with Crippen molar-refractivity contribution in [3.05, 3.63) is 77.9 Å². The molecule has 0 saturated carbocycles. The molecule has 2 atom stereocenters. The van der Waals surface area contributed by atoms with Crippen LogP contribution in [0.5, 0.6) is 5.75 Å². The Morgan fingerprint density at radius 1 is 1.20 bits per heavy atom. The molecule has 0 bridgehead atoms. The molecule has 2 fully saturated rings. The van der Waals surface area contributed by atoms with E-state index in [4.69, 9.17) is 9.47 Å². The van der Waals surface area contributed by atoms with E-state index in [1.807, 2.05) is 0 Å². The molecule has 0 aromatic heterocycles. The summed E-state index contributed by atoms with van der Waals surface area (Å²) in [5, 5.41) is 11.4. The molecule has 2 amide bonds. The highest BCUT2D eigenvalue weighted by Gasteiger charge is 2.66. The Morgan fingerprint density at radius 3 is 2.63 bits per heavy atom. The summed E-state index contributed by atoms with van der Waals surface area (Å²) >= 11 is 0. The van der Waals surface area contributed by atoms with Gasteiger partial charge in [-0.25, -0.2) is 0 Å². The van der Waals surface area contributed by atoms with Gasteiger partial charge in [0.05, 0.1) is 11.7 Å². The summed E-state index contributed by atoms with van der Waals surface area (Å²) in [4.78, 5) is 43.6. The van der Waals surface area contributed by atoms with Gasteiger partial charge in [-0.15, -0.1) is 0 Å². The van der Waals surface area contributed by atoms with Crippen molar-refractivity contribution in [2.45, 2.75) is 24.5 Å². The number of aliphatic hydroxyl groups is 1. The minimum atomic E-state index is -1.77. The van der Waals surface area contributed by atoms with E-state index < -0.39 is 28.9 Å². The maximum absolute atomic E-state index is 13.9. The monoisotopic (exact) mass is 474 g/mol. The Hall–Kier alpha value is -3.91. The second-order valence-corrected chi connectivity index (χ2v) is 8.82. The van der Waals surface area contributed by atoms with Crippen LogP contribution in [-0.2, 0) is 24.7 Å². The highest BCUT2D eigenvalue weighted by Crippen LogP contribution is 2.53. The van der Waals surface area contributed by atoms with Gasteiger partial charge in [0.2, 0.25) is 0 Å². The highest BCUT2D eigenvalue weighted by atomic mass is 16.5. The lowest BCUT2D eigenvalue weighted by atomic mass is 9.81. The first-order chi connectivity index (χ1) is 16.9. The smallest absolute Gasteiger partial charge is 0.296 e. The van der Waals surface area contributed by atoms with E-state index in [0.717, 1.165) is 12.8 Å². The molecule has 0 aliphatic carbocycles. The summed E-state index contributed by atoms with van der Waals surface area (Å²) in [7, 11) is 1.61. The van der Waals surface area contributed by atoms with Crippen LogP contribution in [0.25, 0.3) is 5.76 Å². The Labute approximate surface area is 203 Å². The molecule has 180 valence electrons. The van der Waals surface area contributed by atoms with Gasteiger partial charge in [-0.1, -0.05) is 30.9 Å². The molecule has 3 heterocycles. The number of benzene rings is 2. The van der Waals surface area contributed by atoms with Crippen LogP contribution < -0.4 is 9.64 Å². The first-order valence-electron chi connectivity index (χ1n) is 11.5. The number of hydrogen-bond donors (Lipinski definition) is 1. The Bertz CT molecular complexity index is 1240. The van der Waals surface area contributed by atoms with Gasteiger partial charge in [-0.05, 0) is 43.2 Å². The molecule has 2 saturated heterocycles. The standard InChI is InChI=1S/C27H26N2O6/c1-3-14-34-18-12-10-17(11-13-18)23(30)22-24(31)25(32)29(16-19-7-6-15-35-19)27(22)20-8-4-5-9-21(20)28(2)26(27)33/h3-5,8-13,19,30H,1,6-7,14-16H2,2H3. The fourth-order valence-corrected chi connectivity index (χ4v) is 5.22. The number of Topliss-reactive ketones (excluding diaryl/α,β-unsaturated/α-hetero) is 1. The molecule has 2 aromatic carbocycles. The number of anilines is 1. The zero-order valence-electron chi connectivity index (χ0n) is 19.4. The van der Waals surface area contributed by atoms with Crippen molar-refractivity contribution >= 4 is 29.0 Å². The summed E-state index contributed by atoms with van der Waals surface area (Å²) in [5.41, 5.74) is -0.645. The molecule has 5 rings (SSSR count). The number of likely N-dealkylation sites (N-methyl/N-ethyl adjacent to an activating group) is 1. The third kappa shape index (κ3) is 3.36. The van der Waals surface area contributed by atoms with E-state index >= 15 is 0 Å². The van der Waals surface area contributed by atoms with Crippen LogP contribution in [0.1, 0.15) is 24.0 Å². The predicted molar refractivity (Wildman–Crippen MR) is 129 cm³/mol. The molecular formula is C27H26N2O6. The quantitative estimate of drug-likeness (QED) is 0.299. The number of nitrogens with zero attached hydrogens (tertiary/aromatic N) is 2. The Balaban J connectivity index is 1.70. The molecule has 8 nitrogen and oxygen atoms in total. The molecule has 2 aromatic rings. The molecule has 1 N–H and O–H groups in total. The highest BCUT2D eigenvalue weighted by molar-refractivity contribution is 6.50. The van der Waals surface area contributed by atoms with Crippen LogP contribution in [0, 0.1) is 0 Å². The van der Waals surface area contributed by atoms with Crippen molar-refractivity contribution in [1.29, 1.82) is 0 Å². The minimum Gasteiger partial charge on any atom is -0.507 e. The van der Waals surface area contributed by atoms with Gasteiger partial charge in [0.15, 0.2) is 5.54 Å². The number of hydrogen-bond acceptors (Lipinski definition) is 6. The molecule has 1 spiro atoms. The van der Waals surface area contributed by atoms with Gasteiger partial charge in [-0.3, -0.25) is 14.4 Å². The molecule has 8 heteroatoms. The van der Waals surface area contributed by atoms with E-state index in [-0.39, 0.29) is 18.2 Å². The van der Waals surface area contributed by atoms with Crippen molar-refractivity contribution in [3.63, 3.8) is 0 Å². The lowest BCUT2D eigenvalue weighted by Gasteiger charge is -2.35. The number of likely N-dealkylation sites (tertiary alicyclic amines) is 1. The topological polar surface area (TPSA) is 96.4 Å². The molecule has 3 aliphatic rings. The number of ketones is 1. The van der Waals surface area contributed by atoms with Crippen LogP contribution in [0.15, 0.2) is 66.8 Å². The van der Waals surface area contributed by atoms with Crippen molar-refractivity contribution in [1.82, 2.24) is 4.90 Å². The zero-order valence-corrected chi connectivity index (χ0v) is 19.4. The molecule has 2 unspecified atom stereocenters. The van der Waals surface area contributed by atoms with E-state index in [2.05, 4.69) is 6.58 Å². The molecule has 0 radical (unpaired) electrons. The lowest BCUT2D eigenvalue weighted by Crippen LogP contribution is -2.53. The Kier molecular flexibility index (Phi) is 5.68. The van der Waals surface area contributed by atoms with E-state index in [1.54, 1.807) is 61.7 Å². The number of aliphatic hydroxyl groups excluding tert-OH is 1. The van der Waals surface area contributed by atoms with Gasteiger partial charge in [0.25, 0.3) is 17.6 Å². The van der Waals surface area contributed by atoms with E-state index in [0.29, 0.717) is 35.8 Å². The van der Waals surface area contributed by atoms with Crippen LogP contribution in [0.3, 0.4) is 0 Å². The maximum atomic E-state index is 13.9. The zero-order chi connectivity index (χ0) is 24.7. The molecule has 35 heavy (non-hydrogen) atoms. The van der Waals surface area contributed by atoms with Crippen molar-refractivity contribution in [2.75, 3.05) is 31.7 Å². The number of ether oxygens (including phenoxy) is 2. The number of carbonyl (C=O) groups excluding carboxylic acids is 3. The third-order valence-electron chi connectivity index (χ3n) is 6.85. The van der Waals surface area contributed by atoms with Crippen LogP contribution in [-0.4, -0.2) is 60.5 Å².